The van der Waals surface area contributed by atoms with Crippen molar-refractivity contribution >= 4 is 29.6 Å². The molecule has 0 atom stereocenters. The van der Waals surface area contributed by atoms with Crippen LogP contribution in [0.3, 0.4) is 0 Å². The van der Waals surface area contributed by atoms with Crippen molar-refractivity contribution in [3.05, 3.63) is 53.1 Å². The standard InChI is InChI=1S/C23H26ClN3O6/c1-2-31-21-13-17(3-8-20(21)33-16-23(29)27-9-11-30-12-10-27)14-25-26-22(28)15-32-19-6-4-18(24)5-7-19/h3-8,13-14H,2,9-12,15-16H2,1H3,(H,26,28)/b25-14-. The minimum atomic E-state index is -0.409. The van der Waals surface area contributed by atoms with Crippen LogP contribution in [0.25, 0.3) is 0 Å². The highest BCUT2D eigenvalue weighted by molar-refractivity contribution is 6.30. The third-order valence-electron chi connectivity index (χ3n) is 4.57. The van der Waals surface area contributed by atoms with E-state index in [4.69, 9.17) is 30.5 Å². The second kappa shape index (κ2) is 12.7. The molecule has 1 aliphatic heterocycles. The van der Waals surface area contributed by atoms with E-state index in [9.17, 15) is 9.59 Å². The maximum atomic E-state index is 12.3. The number of benzene rings is 2. The Bertz CT molecular complexity index is 961. The van der Waals surface area contributed by atoms with Gasteiger partial charge in [0.25, 0.3) is 11.8 Å². The first-order valence-corrected chi connectivity index (χ1v) is 10.9. The highest BCUT2D eigenvalue weighted by Gasteiger charge is 2.18. The number of nitrogens with zero attached hydrogens (tertiary/aromatic N) is 2. The van der Waals surface area contributed by atoms with E-state index in [-0.39, 0.29) is 19.1 Å². The van der Waals surface area contributed by atoms with Gasteiger partial charge in [0.2, 0.25) is 0 Å². The molecule has 0 unspecified atom stereocenters. The molecule has 2 amide bonds. The Morgan fingerprint density at radius 2 is 1.82 bits per heavy atom. The first-order chi connectivity index (χ1) is 16.0. The summed E-state index contributed by atoms with van der Waals surface area (Å²) in [6, 6.07) is 11.9. The van der Waals surface area contributed by atoms with E-state index in [0.29, 0.717) is 60.7 Å². The predicted molar refractivity (Wildman–Crippen MR) is 123 cm³/mol. The van der Waals surface area contributed by atoms with Crippen molar-refractivity contribution in [2.24, 2.45) is 5.10 Å². The monoisotopic (exact) mass is 475 g/mol. The molecule has 1 saturated heterocycles. The summed E-state index contributed by atoms with van der Waals surface area (Å²) in [5.41, 5.74) is 3.09. The van der Waals surface area contributed by atoms with E-state index in [0.717, 1.165) is 0 Å². The van der Waals surface area contributed by atoms with Gasteiger partial charge < -0.3 is 23.8 Å². The summed E-state index contributed by atoms with van der Waals surface area (Å²) >= 11 is 5.81. The zero-order chi connectivity index (χ0) is 23.5. The Kier molecular flexibility index (Phi) is 9.34. The lowest BCUT2D eigenvalue weighted by Gasteiger charge is -2.26. The van der Waals surface area contributed by atoms with Crippen molar-refractivity contribution in [2.45, 2.75) is 6.92 Å². The minimum absolute atomic E-state index is 0.0861. The van der Waals surface area contributed by atoms with Crippen LogP contribution in [-0.4, -0.2) is 69.1 Å². The SMILES string of the molecule is CCOc1cc(/C=N\NC(=O)COc2ccc(Cl)cc2)ccc1OCC(=O)N1CCOCC1. The van der Waals surface area contributed by atoms with E-state index in [1.165, 1.54) is 6.21 Å². The molecule has 1 aliphatic rings. The van der Waals surface area contributed by atoms with Gasteiger partial charge in [0.15, 0.2) is 24.7 Å². The molecule has 176 valence electrons. The molecule has 1 N–H and O–H groups in total. The molecule has 1 fully saturated rings. The lowest BCUT2D eigenvalue weighted by atomic mass is 10.2. The molecule has 2 aromatic carbocycles. The molecule has 2 aromatic rings. The number of rotatable bonds is 10. The average Bonchev–Trinajstić information content (AvgIpc) is 2.84. The Morgan fingerprint density at radius 3 is 2.55 bits per heavy atom. The second-order valence-corrected chi connectivity index (χ2v) is 7.39. The molecule has 0 bridgehead atoms. The van der Waals surface area contributed by atoms with Crippen molar-refractivity contribution < 1.29 is 28.5 Å². The normalized spacial score (nSPS) is 13.6. The first kappa shape index (κ1) is 24.3. The van der Waals surface area contributed by atoms with Gasteiger partial charge in [0, 0.05) is 18.1 Å². The molecule has 0 spiro atoms. The van der Waals surface area contributed by atoms with Crippen molar-refractivity contribution in [3.8, 4) is 17.2 Å². The van der Waals surface area contributed by atoms with Gasteiger partial charge in [0.1, 0.15) is 5.75 Å². The van der Waals surface area contributed by atoms with Crippen LogP contribution in [0.4, 0.5) is 0 Å². The number of carbonyl (C=O) groups excluding carboxylic acids is 2. The fourth-order valence-corrected chi connectivity index (χ4v) is 3.05. The quantitative estimate of drug-likeness (QED) is 0.419. The van der Waals surface area contributed by atoms with Gasteiger partial charge in [-0.2, -0.15) is 5.10 Å². The Labute approximate surface area is 197 Å². The maximum Gasteiger partial charge on any atom is 0.277 e. The van der Waals surface area contributed by atoms with Crippen LogP contribution in [0.1, 0.15) is 12.5 Å². The first-order valence-electron chi connectivity index (χ1n) is 10.5. The topological polar surface area (TPSA) is 98.7 Å². The zero-order valence-corrected chi connectivity index (χ0v) is 19.0. The van der Waals surface area contributed by atoms with Gasteiger partial charge in [-0.05, 0) is 55.0 Å². The Morgan fingerprint density at radius 1 is 1.06 bits per heavy atom. The molecular formula is C23H26ClN3O6. The summed E-state index contributed by atoms with van der Waals surface area (Å²) in [6.45, 7) is 4.20. The summed E-state index contributed by atoms with van der Waals surface area (Å²) in [5.74, 6) is 0.954. The number of amides is 2. The molecule has 33 heavy (non-hydrogen) atoms. The van der Waals surface area contributed by atoms with Crippen LogP contribution in [0.2, 0.25) is 5.02 Å². The van der Waals surface area contributed by atoms with Crippen LogP contribution in [0, 0.1) is 0 Å². The molecule has 0 radical (unpaired) electrons. The summed E-state index contributed by atoms with van der Waals surface area (Å²) in [6.07, 6.45) is 1.48. The van der Waals surface area contributed by atoms with E-state index in [2.05, 4.69) is 10.5 Å². The Balaban J connectivity index is 1.50. The number of morpholine rings is 1. The molecule has 10 heteroatoms. The van der Waals surface area contributed by atoms with Gasteiger partial charge in [-0.25, -0.2) is 5.43 Å². The van der Waals surface area contributed by atoms with E-state index >= 15 is 0 Å². The van der Waals surface area contributed by atoms with Gasteiger partial charge in [-0.15, -0.1) is 0 Å². The second-order valence-electron chi connectivity index (χ2n) is 6.96. The van der Waals surface area contributed by atoms with Crippen molar-refractivity contribution in [2.75, 3.05) is 46.1 Å². The third kappa shape index (κ3) is 7.96. The van der Waals surface area contributed by atoms with Crippen LogP contribution >= 0.6 is 11.6 Å². The molecule has 0 aliphatic carbocycles. The highest BCUT2D eigenvalue weighted by Crippen LogP contribution is 2.28. The van der Waals surface area contributed by atoms with Crippen LogP contribution in [-0.2, 0) is 14.3 Å². The predicted octanol–water partition coefficient (Wildman–Crippen LogP) is 2.51. The number of hydrogen-bond acceptors (Lipinski definition) is 7. The van der Waals surface area contributed by atoms with E-state index in [1.807, 2.05) is 6.92 Å². The summed E-state index contributed by atoms with van der Waals surface area (Å²) in [4.78, 5) is 25.9. The molecule has 0 aromatic heterocycles. The number of ether oxygens (including phenoxy) is 4. The summed E-state index contributed by atoms with van der Waals surface area (Å²) < 4.78 is 21.9. The molecule has 3 rings (SSSR count). The lowest BCUT2D eigenvalue weighted by molar-refractivity contribution is -0.137. The smallest absolute Gasteiger partial charge is 0.277 e. The molecular weight excluding hydrogens is 450 g/mol. The summed E-state index contributed by atoms with van der Waals surface area (Å²) in [5, 5.41) is 4.53. The molecule has 1 heterocycles. The van der Waals surface area contributed by atoms with Crippen molar-refractivity contribution in [1.82, 2.24) is 10.3 Å². The molecule has 0 saturated carbocycles. The number of carbonyl (C=O) groups is 2. The maximum absolute atomic E-state index is 12.3. The van der Waals surface area contributed by atoms with Crippen molar-refractivity contribution in [3.63, 3.8) is 0 Å². The van der Waals surface area contributed by atoms with E-state index in [1.54, 1.807) is 47.4 Å². The number of halogens is 1. The highest BCUT2D eigenvalue weighted by atomic mass is 35.5. The average molecular weight is 476 g/mol. The van der Waals surface area contributed by atoms with Gasteiger partial charge in [-0.1, -0.05) is 11.6 Å². The number of hydrazone groups is 1. The fraction of sp³-hybridized carbons (Fsp3) is 0.348. The van der Waals surface area contributed by atoms with Crippen LogP contribution in [0.5, 0.6) is 17.2 Å². The Hall–Kier alpha value is -3.30. The number of nitrogens with one attached hydrogen (secondary N) is 1. The van der Waals surface area contributed by atoms with Crippen molar-refractivity contribution in [1.29, 1.82) is 0 Å². The third-order valence-corrected chi connectivity index (χ3v) is 4.82. The van der Waals surface area contributed by atoms with Crippen LogP contribution in [0.15, 0.2) is 47.6 Å². The lowest BCUT2D eigenvalue weighted by Crippen LogP contribution is -2.43. The zero-order valence-electron chi connectivity index (χ0n) is 18.3. The number of hydrogen-bond donors (Lipinski definition) is 1. The molecule has 9 nitrogen and oxygen atoms in total. The van der Waals surface area contributed by atoms with Gasteiger partial charge in [-0.3, -0.25) is 9.59 Å². The van der Waals surface area contributed by atoms with Gasteiger partial charge in [0.05, 0.1) is 26.0 Å². The summed E-state index contributed by atoms with van der Waals surface area (Å²) in [7, 11) is 0. The van der Waals surface area contributed by atoms with Crippen LogP contribution < -0.4 is 19.6 Å². The minimum Gasteiger partial charge on any atom is -0.490 e. The fourth-order valence-electron chi connectivity index (χ4n) is 2.93. The van der Waals surface area contributed by atoms with Gasteiger partial charge >= 0.3 is 0 Å². The van der Waals surface area contributed by atoms with E-state index < -0.39 is 5.91 Å². The largest absolute Gasteiger partial charge is 0.490 e.